The maximum Gasteiger partial charge on any atom is 0.251 e. The van der Waals surface area contributed by atoms with Gasteiger partial charge in [0.2, 0.25) is 5.91 Å². The van der Waals surface area contributed by atoms with E-state index in [-0.39, 0.29) is 18.1 Å². The van der Waals surface area contributed by atoms with Gasteiger partial charge in [0.1, 0.15) is 0 Å². The third-order valence-corrected chi connectivity index (χ3v) is 5.91. The van der Waals surface area contributed by atoms with E-state index in [9.17, 15) is 9.59 Å². The van der Waals surface area contributed by atoms with E-state index < -0.39 is 11.8 Å². The van der Waals surface area contributed by atoms with Gasteiger partial charge in [0, 0.05) is 35.0 Å². The second-order valence-electron chi connectivity index (χ2n) is 8.19. The summed E-state index contributed by atoms with van der Waals surface area (Å²) in [5.74, 6) is -1.09. The van der Waals surface area contributed by atoms with E-state index in [1.165, 1.54) is 0 Å². The van der Waals surface area contributed by atoms with Crippen molar-refractivity contribution < 1.29 is 19.6 Å². The molecule has 0 saturated heterocycles. The summed E-state index contributed by atoms with van der Waals surface area (Å²) in [4.78, 5) is 34.4. The molecule has 2 heterocycles. The number of aryl methyl sites for hydroxylation is 2. The first kappa shape index (κ1) is 21.0. The molecule has 1 aromatic carbocycles. The van der Waals surface area contributed by atoms with Gasteiger partial charge in [0.25, 0.3) is 5.91 Å². The quantitative estimate of drug-likeness (QED) is 0.506. The fourth-order valence-electron chi connectivity index (χ4n) is 4.36. The van der Waals surface area contributed by atoms with Crippen LogP contribution in [0.3, 0.4) is 0 Å². The van der Waals surface area contributed by atoms with Crippen molar-refractivity contribution in [3.8, 4) is 0 Å². The molecular formula is C23H26N4O4. The Balaban J connectivity index is 1.38. The van der Waals surface area contributed by atoms with Gasteiger partial charge in [-0.2, -0.15) is 0 Å². The fourth-order valence-corrected chi connectivity index (χ4v) is 4.36. The molecule has 162 valence electrons. The van der Waals surface area contributed by atoms with E-state index in [1.54, 1.807) is 17.6 Å². The predicted octanol–water partition coefficient (Wildman–Crippen LogP) is 2.97. The maximum absolute atomic E-state index is 12.6. The third kappa shape index (κ3) is 4.59. The first-order chi connectivity index (χ1) is 14.9. The van der Waals surface area contributed by atoms with Crippen LogP contribution in [0.25, 0.3) is 0 Å². The molecule has 3 N–H and O–H groups in total. The zero-order valence-corrected chi connectivity index (χ0v) is 17.6. The third-order valence-electron chi connectivity index (χ3n) is 5.91. The molecular weight excluding hydrogens is 396 g/mol. The summed E-state index contributed by atoms with van der Waals surface area (Å²) < 4.78 is 0. The van der Waals surface area contributed by atoms with Crippen LogP contribution in [0.15, 0.2) is 41.6 Å². The Bertz CT molecular complexity index is 998. The highest BCUT2D eigenvalue weighted by Crippen LogP contribution is 2.30. The Morgan fingerprint density at radius 1 is 1.10 bits per heavy atom. The number of benzene rings is 1. The molecule has 8 nitrogen and oxygen atoms in total. The molecule has 2 aliphatic rings. The largest absolute Gasteiger partial charge is 0.387 e. The Labute approximate surface area is 180 Å². The van der Waals surface area contributed by atoms with Crippen LogP contribution in [0.4, 0.5) is 0 Å². The summed E-state index contributed by atoms with van der Waals surface area (Å²) >= 11 is 0. The number of pyridine rings is 1. The minimum atomic E-state index is -0.452. The van der Waals surface area contributed by atoms with E-state index in [0.29, 0.717) is 24.8 Å². The second-order valence-corrected chi connectivity index (χ2v) is 8.19. The number of oxime groups is 1. The highest BCUT2D eigenvalue weighted by atomic mass is 16.6. The number of amides is 2. The van der Waals surface area contributed by atoms with Crippen LogP contribution in [0.1, 0.15) is 64.7 Å². The molecule has 0 spiro atoms. The lowest BCUT2D eigenvalue weighted by Crippen LogP contribution is -2.43. The Hall–Kier alpha value is -3.26. The highest BCUT2D eigenvalue weighted by molar-refractivity contribution is 6.01. The Morgan fingerprint density at radius 2 is 1.81 bits per heavy atom. The van der Waals surface area contributed by atoms with Gasteiger partial charge < -0.3 is 10.2 Å². The number of hydroxylamine groups is 1. The Kier molecular flexibility index (Phi) is 5.99. The van der Waals surface area contributed by atoms with Gasteiger partial charge >= 0.3 is 0 Å². The summed E-state index contributed by atoms with van der Waals surface area (Å²) in [5, 5.41) is 16.1. The van der Waals surface area contributed by atoms with Gasteiger partial charge in [-0.3, -0.25) is 19.8 Å². The lowest BCUT2D eigenvalue weighted by atomic mass is 9.98. The minimum absolute atomic E-state index is 0.201. The molecule has 1 saturated carbocycles. The molecule has 31 heavy (non-hydrogen) atoms. The van der Waals surface area contributed by atoms with Crippen molar-refractivity contribution in [2.75, 3.05) is 0 Å². The molecule has 1 aliphatic heterocycles. The van der Waals surface area contributed by atoms with Gasteiger partial charge in [-0.15, -0.1) is 0 Å². The van der Waals surface area contributed by atoms with Crippen LogP contribution in [-0.2, 0) is 9.63 Å². The van der Waals surface area contributed by atoms with Crippen LogP contribution >= 0.6 is 0 Å². The van der Waals surface area contributed by atoms with Crippen LogP contribution in [0.2, 0.25) is 0 Å². The number of hydrogen-bond donors (Lipinski definition) is 3. The number of nitrogens with zero attached hydrogens (tertiary/aromatic N) is 2. The molecule has 3 unspecified atom stereocenters. The molecule has 8 heteroatoms. The van der Waals surface area contributed by atoms with E-state index in [1.807, 2.05) is 38.1 Å². The van der Waals surface area contributed by atoms with Crippen LogP contribution in [0.5, 0.6) is 0 Å². The van der Waals surface area contributed by atoms with Crippen molar-refractivity contribution in [2.24, 2.45) is 11.1 Å². The van der Waals surface area contributed by atoms with E-state index in [2.05, 4.69) is 15.5 Å². The highest BCUT2D eigenvalue weighted by Gasteiger charge is 2.34. The van der Waals surface area contributed by atoms with Gasteiger partial charge in [0.15, 0.2) is 6.10 Å². The second kappa shape index (κ2) is 8.85. The molecule has 1 aliphatic carbocycles. The molecule has 4 rings (SSSR count). The molecule has 3 atom stereocenters. The number of carbonyl (C=O) groups is 2. The monoisotopic (exact) mass is 422 g/mol. The van der Waals surface area contributed by atoms with Gasteiger partial charge in [-0.25, -0.2) is 5.48 Å². The molecule has 2 amide bonds. The van der Waals surface area contributed by atoms with Crippen LogP contribution in [0, 0.1) is 19.8 Å². The zero-order chi connectivity index (χ0) is 22.0. The van der Waals surface area contributed by atoms with Crippen molar-refractivity contribution in [3.05, 3.63) is 64.5 Å². The zero-order valence-electron chi connectivity index (χ0n) is 17.6. The fraction of sp³-hybridized carbons (Fsp3) is 0.391. The number of carbonyl (C=O) groups excluding carboxylic acids is 2. The van der Waals surface area contributed by atoms with Crippen LogP contribution in [-0.4, -0.2) is 33.8 Å². The number of nitrogens with one attached hydrogen (secondary N) is 2. The topological polar surface area (TPSA) is 113 Å². The van der Waals surface area contributed by atoms with Crippen molar-refractivity contribution in [1.29, 1.82) is 0 Å². The van der Waals surface area contributed by atoms with E-state index in [4.69, 9.17) is 10.0 Å². The van der Waals surface area contributed by atoms with Crippen molar-refractivity contribution >= 4 is 17.5 Å². The van der Waals surface area contributed by atoms with Gasteiger partial charge in [0.05, 0.1) is 11.6 Å². The first-order valence-corrected chi connectivity index (χ1v) is 10.5. The Morgan fingerprint density at radius 3 is 2.48 bits per heavy atom. The van der Waals surface area contributed by atoms with Crippen molar-refractivity contribution in [1.82, 2.24) is 15.8 Å². The maximum atomic E-state index is 12.6. The lowest BCUT2D eigenvalue weighted by Gasteiger charge is -2.19. The van der Waals surface area contributed by atoms with Crippen LogP contribution < -0.4 is 10.8 Å². The summed E-state index contributed by atoms with van der Waals surface area (Å²) in [5.41, 5.74) is 6.93. The molecule has 0 bridgehead atoms. The number of hydrogen-bond acceptors (Lipinski definition) is 6. The van der Waals surface area contributed by atoms with E-state index in [0.717, 1.165) is 34.6 Å². The van der Waals surface area contributed by atoms with E-state index >= 15 is 0 Å². The summed E-state index contributed by atoms with van der Waals surface area (Å²) in [6.45, 7) is 3.91. The van der Waals surface area contributed by atoms with Gasteiger partial charge in [-0.05, 0) is 56.5 Å². The lowest BCUT2D eigenvalue weighted by molar-refractivity contribution is -0.133. The SMILES string of the molecule is Cc1cc(C2=NOC(c3ccc(C(=O)NC4CCCC4C(=O)NO)cc3)C2)cc(C)n1. The number of rotatable bonds is 5. The minimum Gasteiger partial charge on any atom is -0.387 e. The standard InChI is InChI=1S/C23H26N4O4/c1-13-10-17(11-14(2)24-13)20-12-21(31-27-20)15-6-8-16(9-7-15)22(28)25-19-5-3-4-18(19)23(29)26-30/h6-11,18-19,21,30H,3-5,12H2,1-2H3,(H,25,28)(H,26,29). The summed E-state index contributed by atoms with van der Waals surface area (Å²) in [6, 6.07) is 11.0. The molecule has 1 aromatic heterocycles. The number of aromatic nitrogens is 1. The summed E-state index contributed by atoms with van der Waals surface area (Å²) in [6.07, 6.45) is 2.64. The average molecular weight is 422 g/mol. The predicted molar refractivity (Wildman–Crippen MR) is 114 cm³/mol. The molecule has 1 fully saturated rings. The summed E-state index contributed by atoms with van der Waals surface area (Å²) in [7, 11) is 0. The normalized spacial score (nSPS) is 22.5. The molecule has 0 radical (unpaired) electrons. The smallest absolute Gasteiger partial charge is 0.251 e. The van der Waals surface area contributed by atoms with Crippen molar-refractivity contribution in [3.63, 3.8) is 0 Å². The first-order valence-electron chi connectivity index (χ1n) is 10.5. The average Bonchev–Trinajstić information content (AvgIpc) is 3.42. The van der Waals surface area contributed by atoms with Crippen molar-refractivity contribution in [2.45, 2.75) is 51.7 Å². The molecule has 2 aromatic rings. The van der Waals surface area contributed by atoms with Gasteiger partial charge in [-0.1, -0.05) is 23.7 Å².